The van der Waals surface area contributed by atoms with E-state index in [1.54, 1.807) is 24.5 Å². The van der Waals surface area contributed by atoms with E-state index < -0.39 is 10.0 Å². The molecule has 1 aliphatic rings. The van der Waals surface area contributed by atoms with Crippen LogP contribution in [0.2, 0.25) is 0 Å². The first-order valence-corrected chi connectivity index (χ1v) is 9.22. The monoisotopic (exact) mass is 348 g/mol. The molecule has 0 aliphatic carbocycles. The van der Waals surface area contributed by atoms with Crippen molar-refractivity contribution in [1.82, 2.24) is 14.3 Å². The first kappa shape index (κ1) is 16.8. The molecule has 1 aliphatic heterocycles. The lowest BCUT2D eigenvalue weighted by Crippen LogP contribution is -2.45. The van der Waals surface area contributed by atoms with Gasteiger partial charge in [0.25, 0.3) is 0 Å². The van der Waals surface area contributed by atoms with E-state index in [9.17, 15) is 8.42 Å². The van der Waals surface area contributed by atoms with E-state index >= 15 is 0 Å². The van der Waals surface area contributed by atoms with Crippen molar-refractivity contribution in [3.05, 3.63) is 48.4 Å². The Hall–Kier alpha value is -2.03. The highest BCUT2D eigenvalue weighted by Gasteiger charge is 2.30. The smallest absolute Gasteiger partial charge is 0.244 e. The van der Waals surface area contributed by atoms with Crippen LogP contribution in [0.5, 0.6) is 0 Å². The van der Waals surface area contributed by atoms with Gasteiger partial charge in [-0.3, -0.25) is 4.98 Å². The van der Waals surface area contributed by atoms with Gasteiger partial charge in [0, 0.05) is 31.7 Å². The molecule has 24 heavy (non-hydrogen) atoms. The van der Waals surface area contributed by atoms with Crippen molar-refractivity contribution in [3.8, 4) is 0 Å². The van der Waals surface area contributed by atoms with Gasteiger partial charge >= 0.3 is 0 Å². The average molecular weight is 348 g/mol. The molecular weight excluding hydrogens is 328 g/mol. The Morgan fingerprint density at radius 2 is 2.21 bits per heavy atom. The fourth-order valence-corrected chi connectivity index (χ4v) is 4.13. The highest BCUT2D eigenvalue weighted by atomic mass is 32.2. The molecule has 0 radical (unpaired) electrons. The molecule has 2 N–H and O–H groups in total. The minimum Gasteiger partial charge on any atom is -0.384 e. The van der Waals surface area contributed by atoms with Crippen molar-refractivity contribution in [2.45, 2.75) is 23.8 Å². The predicted octanol–water partition coefficient (Wildman–Crippen LogP) is 1.08. The summed E-state index contributed by atoms with van der Waals surface area (Å²) in [5.74, 6) is 0.484. The molecule has 1 saturated heterocycles. The van der Waals surface area contributed by atoms with Crippen LogP contribution in [0.25, 0.3) is 0 Å². The van der Waals surface area contributed by atoms with Crippen LogP contribution in [0.3, 0.4) is 0 Å². The molecule has 8 heteroatoms. The number of rotatable bonds is 5. The largest absolute Gasteiger partial charge is 0.384 e. The summed E-state index contributed by atoms with van der Waals surface area (Å²) in [6.07, 6.45) is 5.95. The SMILES string of the molecule is Nc1cc(CCC2CN(S(=O)(=O)c3cccnc3)CCO2)ccn1. The number of anilines is 1. The molecule has 1 fully saturated rings. The molecule has 0 bridgehead atoms. The maximum absolute atomic E-state index is 12.7. The fraction of sp³-hybridized carbons (Fsp3) is 0.375. The summed E-state index contributed by atoms with van der Waals surface area (Å²) in [6, 6.07) is 6.92. The second-order valence-corrected chi connectivity index (χ2v) is 7.61. The van der Waals surface area contributed by atoms with Crippen molar-refractivity contribution in [2.75, 3.05) is 25.4 Å². The molecular formula is C16H20N4O3S. The third-order valence-electron chi connectivity index (χ3n) is 3.97. The lowest BCUT2D eigenvalue weighted by atomic mass is 10.1. The Labute approximate surface area is 141 Å². The summed E-state index contributed by atoms with van der Waals surface area (Å²) in [6.45, 7) is 1.09. The van der Waals surface area contributed by atoms with Gasteiger partial charge in [-0.25, -0.2) is 13.4 Å². The maximum Gasteiger partial charge on any atom is 0.244 e. The standard InChI is InChI=1S/C16H20N4O3S/c17-16-10-13(5-7-19-16)3-4-14-12-20(8-9-23-14)24(21,22)15-2-1-6-18-11-15/h1-2,5-7,10-11,14H,3-4,8-9,12H2,(H2,17,19). The van der Waals surface area contributed by atoms with E-state index in [0.717, 1.165) is 18.4 Å². The van der Waals surface area contributed by atoms with Crippen molar-refractivity contribution in [3.63, 3.8) is 0 Å². The highest BCUT2D eigenvalue weighted by molar-refractivity contribution is 7.89. The summed E-state index contributed by atoms with van der Waals surface area (Å²) in [5.41, 5.74) is 6.74. The molecule has 0 aromatic carbocycles. The van der Waals surface area contributed by atoms with Crippen LogP contribution in [0.15, 0.2) is 47.8 Å². The number of aromatic nitrogens is 2. The molecule has 1 atom stereocenters. The number of ether oxygens (including phenoxy) is 1. The Morgan fingerprint density at radius 1 is 1.33 bits per heavy atom. The van der Waals surface area contributed by atoms with Gasteiger partial charge in [0.1, 0.15) is 10.7 Å². The summed E-state index contributed by atoms with van der Waals surface area (Å²) in [4.78, 5) is 8.08. The number of pyridine rings is 2. The van der Waals surface area contributed by atoms with E-state index in [4.69, 9.17) is 10.5 Å². The Balaban J connectivity index is 1.64. The normalized spacial score (nSPS) is 19.2. The Bertz CT molecular complexity index is 783. The molecule has 1 unspecified atom stereocenters. The van der Waals surface area contributed by atoms with Gasteiger partial charge in [-0.15, -0.1) is 0 Å². The number of morpholine rings is 1. The Kier molecular flexibility index (Phi) is 5.08. The van der Waals surface area contributed by atoms with E-state index in [2.05, 4.69) is 9.97 Å². The number of aryl methyl sites for hydroxylation is 1. The minimum atomic E-state index is -3.52. The van der Waals surface area contributed by atoms with Gasteiger partial charge in [-0.2, -0.15) is 4.31 Å². The highest BCUT2D eigenvalue weighted by Crippen LogP contribution is 2.20. The molecule has 7 nitrogen and oxygen atoms in total. The number of nitrogens with two attached hydrogens (primary N) is 1. The number of nitrogens with zero attached hydrogens (tertiary/aromatic N) is 3. The van der Waals surface area contributed by atoms with Gasteiger partial charge in [0.05, 0.1) is 12.7 Å². The average Bonchev–Trinajstić information content (AvgIpc) is 2.61. The van der Waals surface area contributed by atoms with Gasteiger partial charge in [0.15, 0.2) is 0 Å². The Morgan fingerprint density at radius 3 is 2.96 bits per heavy atom. The number of nitrogen functional groups attached to an aromatic ring is 1. The summed E-state index contributed by atoms with van der Waals surface area (Å²) in [5, 5.41) is 0. The lowest BCUT2D eigenvalue weighted by molar-refractivity contribution is -0.00526. The van der Waals surface area contributed by atoms with Gasteiger partial charge in [-0.1, -0.05) is 0 Å². The van der Waals surface area contributed by atoms with Crippen molar-refractivity contribution in [2.24, 2.45) is 0 Å². The van der Waals surface area contributed by atoms with Crippen LogP contribution in [0.1, 0.15) is 12.0 Å². The number of sulfonamides is 1. The van der Waals surface area contributed by atoms with Crippen LogP contribution in [0.4, 0.5) is 5.82 Å². The van der Waals surface area contributed by atoms with Crippen LogP contribution < -0.4 is 5.73 Å². The summed E-state index contributed by atoms with van der Waals surface area (Å²) in [7, 11) is -3.52. The van der Waals surface area contributed by atoms with Crippen LogP contribution >= 0.6 is 0 Å². The molecule has 0 amide bonds. The topological polar surface area (TPSA) is 98.4 Å². The molecule has 2 aromatic rings. The molecule has 2 aromatic heterocycles. The number of hydrogen-bond donors (Lipinski definition) is 1. The van der Waals surface area contributed by atoms with Crippen LogP contribution in [-0.2, 0) is 21.2 Å². The van der Waals surface area contributed by atoms with Gasteiger partial charge in [-0.05, 0) is 42.7 Å². The van der Waals surface area contributed by atoms with E-state index in [0.29, 0.717) is 25.5 Å². The van der Waals surface area contributed by atoms with E-state index in [1.165, 1.54) is 10.5 Å². The summed E-state index contributed by atoms with van der Waals surface area (Å²) < 4.78 is 32.5. The van der Waals surface area contributed by atoms with Crippen LogP contribution in [0, 0.1) is 0 Å². The van der Waals surface area contributed by atoms with Gasteiger partial charge < -0.3 is 10.5 Å². The quantitative estimate of drug-likeness (QED) is 0.868. The summed E-state index contributed by atoms with van der Waals surface area (Å²) >= 11 is 0. The molecule has 0 spiro atoms. The molecule has 3 heterocycles. The zero-order valence-electron chi connectivity index (χ0n) is 13.2. The lowest BCUT2D eigenvalue weighted by Gasteiger charge is -2.32. The third-order valence-corrected chi connectivity index (χ3v) is 5.82. The zero-order chi connectivity index (χ0) is 17.0. The van der Waals surface area contributed by atoms with Crippen molar-refractivity contribution < 1.29 is 13.2 Å². The maximum atomic E-state index is 12.7. The second-order valence-electron chi connectivity index (χ2n) is 5.67. The van der Waals surface area contributed by atoms with Crippen molar-refractivity contribution >= 4 is 15.8 Å². The minimum absolute atomic E-state index is 0.139. The molecule has 128 valence electrons. The number of hydrogen-bond acceptors (Lipinski definition) is 6. The van der Waals surface area contributed by atoms with E-state index in [-0.39, 0.29) is 11.0 Å². The molecule has 3 rings (SSSR count). The third kappa shape index (κ3) is 3.89. The van der Waals surface area contributed by atoms with Crippen molar-refractivity contribution in [1.29, 1.82) is 0 Å². The van der Waals surface area contributed by atoms with E-state index in [1.807, 2.05) is 12.1 Å². The first-order chi connectivity index (χ1) is 11.6. The molecule has 0 saturated carbocycles. The van der Waals surface area contributed by atoms with Crippen LogP contribution in [-0.4, -0.2) is 48.5 Å². The van der Waals surface area contributed by atoms with Gasteiger partial charge in [0.2, 0.25) is 10.0 Å². The predicted molar refractivity (Wildman–Crippen MR) is 89.7 cm³/mol. The first-order valence-electron chi connectivity index (χ1n) is 7.78. The zero-order valence-corrected chi connectivity index (χ0v) is 14.0. The second kappa shape index (κ2) is 7.25. The fourth-order valence-electron chi connectivity index (χ4n) is 2.71.